The highest BCUT2D eigenvalue weighted by Gasteiger charge is 2.35. The van der Waals surface area contributed by atoms with Gasteiger partial charge in [-0.15, -0.1) is 0 Å². The Morgan fingerprint density at radius 2 is 2.13 bits per heavy atom. The molecule has 0 aromatic carbocycles. The van der Waals surface area contributed by atoms with Gasteiger partial charge in [0.05, 0.1) is 5.41 Å². The summed E-state index contributed by atoms with van der Waals surface area (Å²) >= 11 is 0. The summed E-state index contributed by atoms with van der Waals surface area (Å²) < 4.78 is 4.68. The topological polar surface area (TPSA) is 75.6 Å². The molecule has 0 saturated carbocycles. The summed E-state index contributed by atoms with van der Waals surface area (Å²) in [6, 6.07) is -0.521. The van der Waals surface area contributed by atoms with E-state index in [4.69, 9.17) is 5.11 Å². The second kappa shape index (κ2) is 5.38. The summed E-state index contributed by atoms with van der Waals surface area (Å²) in [7, 11) is 0. The molecule has 2 N–H and O–H groups in total. The van der Waals surface area contributed by atoms with Crippen LogP contribution in [0.2, 0.25) is 0 Å². The van der Waals surface area contributed by atoms with Crippen LogP contribution < -0.4 is 5.32 Å². The first kappa shape index (κ1) is 13.5. The Labute approximate surface area is 89.1 Å². The summed E-state index contributed by atoms with van der Waals surface area (Å²) in [6.07, 6.45) is 0.795. The number of ether oxygens (including phenoxy) is 1. The van der Waals surface area contributed by atoms with Crippen molar-refractivity contribution in [2.24, 2.45) is 5.41 Å². The molecule has 0 radical (unpaired) electrons. The first-order valence-corrected chi connectivity index (χ1v) is 4.60. The summed E-state index contributed by atoms with van der Waals surface area (Å²) in [6.45, 7) is 8.18. The van der Waals surface area contributed by atoms with E-state index in [-0.39, 0.29) is 6.61 Å². The van der Waals surface area contributed by atoms with E-state index in [1.54, 1.807) is 6.92 Å². The fourth-order valence-corrected chi connectivity index (χ4v) is 0.719. The Morgan fingerprint density at radius 1 is 1.60 bits per heavy atom. The Kier molecular flexibility index (Phi) is 4.84. The van der Waals surface area contributed by atoms with E-state index in [9.17, 15) is 9.59 Å². The highest BCUT2D eigenvalue weighted by atomic mass is 16.5. The largest absolute Gasteiger partial charge is 0.481 e. The molecule has 0 aromatic heterocycles. The Hall–Kier alpha value is -1.52. The van der Waals surface area contributed by atoms with Crippen LogP contribution in [0, 0.1) is 5.41 Å². The molecule has 0 bridgehead atoms. The van der Waals surface area contributed by atoms with E-state index in [1.165, 1.54) is 19.9 Å². The summed E-state index contributed by atoms with van der Waals surface area (Å²) in [4.78, 5) is 22.0. The van der Waals surface area contributed by atoms with Gasteiger partial charge in [-0.2, -0.15) is 0 Å². The fraction of sp³-hybridized carbons (Fsp3) is 0.600. The zero-order chi connectivity index (χ0) is 12.1. The molecule has 0 aliphatic heterocycles. The molecule has 5 heteroatoms. The van der Waals surface area contributed by atoms with Crippen molar-refractivity contribution in [3.05, 3.63) is 12.7 Å². The van der Waals surface area contributed by atoms with Crippen LogP contribution in [0.15, 0.2) is 12.7 Å². The van der Waals surface area contributed by atoms with Gasteiger partial charge in [-0.3, -0.25) is 4.79 Å². The van der Waals surface area contributed by atoms with E-state index in [2.05, 4.69) is 16.6 Å². The number of carbonyl (C=O) groups excluding carboxylic acids is 1. The van der Waals surface area contributed by atoms with Crippen LogP contribution in [-0.4, -0.2) is 29.8 Å². The summed E-state index contributed by atoms with van der Waals surface area (Å²) in [5.41, 5.74) is -1.03. The number of carboxylic acid groups (broad SMARTS) is 1. The number of hydrogen-bond donors (Lipinski definition) is 2. The zero-order valence-electron chi connectivity index (χ0n) is 9.24. The molecule has 0 aliphatic carbocycles. The predicted octanol–water partition coefficient (Wildman–Crippen LogP) is 1.40. The van der Waals surface area contributed by atoms with Gasteiger partial charge in [0, 0.05) is 6.04 Å². The molecular weight excluding hydrogens is 198 g/mol. The number of aliphatic carboxylic acids is 1. The minimum Gasteiger partial charge on any atom is -0.481 e. The maximum absolute atomic E-state index is 11.1. The molecule has 1 amide bonds. The van der Waals surface area contributed by atoms with E-state index in [1.807, 2.05) is 0 Å². The van der Waals surface area contributed by atoms with Crippen molar-refractivity contribution in [1.29, 1.82) is 0 Å². The fourth-order valence-electron chi connectivity index (χ4n) is 0.719. The lowest BCUT2D eigenvalue weighted by atomic mass is 9.86. The molecule has 0 fully saturated rings. The van der Waals surface area contributed by atoms with E-state index in [0.717, 1.165) is 0 Å². The van der Waals surface area contributed by atoms with Gasteiger partial charge < -0.3 is 15.2 Å². The van der Waals surface area contributed by atoms with Gasteiger partial charge in [0.2, 0.25) is 0 Å². The number of amides is 1. The van der Waals surface area contributed by atoms with Crippen molar-refractivity contribution >= 4 is 12.1 Å². The van der Waals surface area contributed by atoms with Gasteiger partial charge >= 0.3 is 12.1 Å². The smallest absolute Gasteiger partial charge is 0.407 e. The third kappa shape index (κ3) is 4.01. The van der Waals surface area contributed by atoms with Crippen molar-refractivity contribution in [1.82, 2.24) is 5.32 Å². The average Bonchev–Trinajstić information content (AvgIpc) is 2.14. The van der Waals surface area contributed by atoms with Crippen LogP contribution in [0.4, 0.5) is 4.79 Å². The van der Waals surface area contributed by atoms with E-state index in [0.29, 0.717) is 0 Å². The number of hydrogen-bond acceptors (Lipinski definition) is 3. The molecule has 0 aromatic rings. The number of rotatable bonds is 5. The molecule has 0 heterocycles. The van der Waals surface area contributed by atoms with Gasteiger partial charge in [-0.05, 0) is 20.8 Å². The van der Waals surface area contributed by atoms with Crippen molar-refractivity contribution < 1.29 is 19.4 Å². The quantitative estimate of drug-likeness (QED) is 0.680. The molecule has 5 nitrogen and oxygen atoms in total. The normalized spacial score (nSPS) is 12.7. The molecule has 0 aliphatic rings. The molecule has 0 rings (SSSR count). The van der Waals surface area contributed by atoms with Crippen molar-refractivity contribution in [2.45, 2.75) is 26.8 Å². The lowest BCUT2D eigenvalue weighted by Crippen LogP contribution is -2.47. The number of nitrogens with one attached hydrogen (secondary N) is 1. The van der Waals surface area contributed by atoms with Gasteiger partial charge in [0.15, 0.2) is 0 Å². The number of carbonyl (C=O) groups is 2. The maximum Gasteiger partial charge on any atom is 0.407 e. The molecule has 0 saturated heterocycles. The van der Waals surface area contributed by atoms with Crippen LogP contribution in [-0.2, 0) is 9.53 Å². The monoisotopic (exact) mass is 215 g/mol. The van der Waals surface area contributed by atoms with Gasteiger partial charge in [0.1, 0.15) is 6.61 Å². The molecule has 15 heavy (non-hydrogen) atoms. The molecule has 0 unspecified atom stereocenters. The maximum atomic E-state index is 11.1. The molecule has 0 spiro atoms. The molecular formula is C10H17NO4. The van der Waals surface area contributed by atoms with Crippen molar-refractivity contribution in [3.8, 4) is 0 Å². The second-order valence-electron chi connectivity index (χ2n) is 3.78. The van der Waals surface area contributed by atoms with E-state index < -0.39 is 23.5 Å². The second-order valence-corrected chi connectivity index (χ2v) is 3.78. The highest BCUT2D eigenvalue weighted by Crippen LogP contribution is 2.20. The molecule has 1 atom stereocenters. The molecule has 86 valence electrons. The Balaban J connectivity index is 4.23. The first-order valence-electron chi connectivity index (χ1n) is 4.60. The Morgan fingerprint density at radius 3 is 2.53 bits per heavy atom. The number of alkyl carbamates (subject to hydrolysis) is 1. The lowest BCUT2D eigenvalue weighted by molar-refractivity contribution is -0.148. The highest BCUT2D eigenvalue weighted by molar-refractivity contribution is 5.76. The van der Waals surface area contributed by atoms with Crippen LogP contribution in [0.5, 0.6) is 0 Å². The van der Waals surface area contributed by atoms with E-state index >= 15 is 0 Å². The SMILES string of the molecule is C=CCOC(=O)N[C@H](C)C(C)(C)C(=O)O. The average molecular weight is 215 g/mol. The van der Waals surface area contributed by atoms with Crippen LogP contribution in [0.3, 0.4) is 0 Å². The van der Waals surface area contributed by atoms with Gasteiger partial charge in [0.25, 0.3) is 0 Å². The van der Waals surface area contributed by atoms with Gasteiger partial charge in [-0.25, -0.2) is 4.79 Å². The zero-order valence-corrected chi connectivity index (χ0v) is 9.24. The van der Waals surface area contributed by atoms with Crippen LogP contribution >= 0.6 is 0 Å². The third-order valence-electron chi connectivity index (χ3n) is 2.30. The first-order chi connectivity index (χ1) is 6.82. The van der Waals surface area contributed by atoms with Crippen LogP contribution in [0.25, 0.3) is 0 Å². The number of carboxylic acids is 1. The Bertz CT molecular complexity index is 260. The third-order valence-corrected chi connectivity index (χ3v) is 2.30. The standard InChI is InChI=1S/C10H17NO4/c1-5-6-15-9(14)11-7(2)10(3,4)8(12)13/h5,7H,1,6H2,2-4H3,(H,11,14)(H,12,13)/t7-/m1/s1. The minimum absolute atomic E-state index is 0.103. The lowest BCUT2D eigenvalue weighted by Gasteiger charge is -2.27. The summed E-state index contributed by atoms with van der Waals surface area (Å²) in [5, 5.41) is 11.3. The van der Waals surface area contributed by atoms with Crippen LogP contribution in [0.1, 0.15) is 20.8 Å². The van der Waals surface area contributed by atoms with Gasteiger partial charge in [-0.1, -0.05) is 12.7 Å². The van der Waals surface area contributed by atoms with Crippen molar-refractivity contribution in [2.75, 3.05) is 6.61 Å². The predicted molar refractivity (Wildman–Crippen MR) is 55.6 cm³/mol. The minimum atomic E-state index is -1.03. The van der Waals surface area contributed by atoms with Crippen molar-refractivity contribution in [3.63, 3.8) is 0 Å². The summed E-state index contributed by atoms with van der Waals surface area (Å²) in [5.74, 6) is -0.973.